The summed E-state index contributed by atoms with van der Waals surface area (Å²) in [5.74, 6) is -0.276. The molecule has 25 heavy (non-hydrogen) atoms. The number of amides is 1. The Hall–Kier alpha value is -2.92. The zero-order valence-electron chi connectivity index (χ0n) is 13.5. The highest BCUT2D eigenvalue weighted by Crippen LogP contribution is 2.31. The number of aromatic amines is 1. The first-order valence-corrected chi connectivity index (χ1v) is 8.28. The highest BCUT2D eigenvalue weighted by Gasteiger charge is 2.31. The first kappa shape index (κ1) is 15.6. The minimum Gasteiger partial charge on any atom is -0.390 e. The fraction of sp³-hybridized carbons (Fsp3) is 0.200. The third-order valence-corrected chi connectivity index (χ3v) is 4.70. The highest BCUT2D eigenvalue weighted by molar-refractivity contribution is 5.83. The lowest BCUT2D eigenvalue weighted by Gasteiger charge is -2.18. The number of rotatable bonds is 3. The number of aliphatic hydroxyl groups is 1. The summed E-state index contributed by atoms with van der Waals surface area (Å²) in [6.45, 7) is 0. The van der Waals surface area contributed by atoms with Crippen LogP contribution < -0.4 is 10.9 Å². The Bertz CT molecular complexity index is 1010. The maximum atomic E-state index is 12.4. The van der Waals surface area contributed by atoms with Gasteiger partial charge in [0.25, 0.3) is 5.56 Å². The van der Waals surface area contributed by atoms with E-state index in [4.69, 9.17) is 0 Å². The lowest BCUT2D eigenvalue weighted by atomic mass is 10.1. The topological polar surface area (TPSA) is 82.2 Å². The summed E-state index contributed by atoms with van der Waals surface area (Å²) in [4.78, 5) is 27.4. The number of hydrogen-bond donors (Lipinski definition) is 3. The molecule has 0 aliphatic heterocycles. The van der Waals surface area contributed by atoms with Gasteiger partial charge in [-0.3, -0.25) is 9.59 Å². The van der Waals surface area contributed by atoms with E-state index < -0.39 is 12.1 Å². The Morgan fingerprint density at radius 3 is 2.80 bits per heavy atom. The maximum absolute atomic E-state index is 12.4. The van der Waals surface area contributed by atoms with Crippen molar-refractivity contribution in [2.24, 2.45) is 0 Å². The fourth-order valence-corrected chi connectivity index (χ4v) is 3.47. The summed E-state index contributed by atoms with van der Waals surface area (Å²) in [7, 11) is 0. The van der Waals surface area contributed by atoms with Crippen LogP contribution in [0, 0.1) is 0 Å². The molecule has 5 nitrogen and oxygen atoms in total. The maximum Gasteiger partial charge on any atom is 0.252 e. The molecule has 3 N–H and O–H groups in total. The van der Waals surface area contributed by atoms with E-state index in [2.05, 4.69) is 10.3 Å². The molecule has 1 aromatic heterocycles. The number of pyridine rings is 1. The average molecular weight is 334 g/mol. The molecule has 0 saturated heterocycles. The first-order chi connectivity index (χ1) is 12.1. The van der Waals surface area contributed by atoms with Gasteiger partial charge in [-0.2, -0.15) is 0 Å². The van der Waals surface area contributed by atoms with Crippen LogP contribution in [0.5, 0.6) is 0 Å². The molecular formula is C20H18N2O3. The van der Waals surface area contributed by atoms with Crippen molar-refractivity contribution in [1.29, 1.82) is 0 Å². The number of carbonyl (C=O) groups excluding carboxylic acids is 1. The molecular weight excluding hydrogens is 316 g/mol. The zero-order chi connectivity index (χ0) is 17.4. The molecule has 3 aromatic rings. The molecule has 0 saturated carbocycles. The third-order valence-electron chi connectivity index (χ3n) is 4.70. The van der Waals surface area contributed by atoms with Gasteiger partial charge < -0.3 is 15.4 Å². The number of para-hydroxylation sites is 1. The predicted octanol–water partition coefficient (Wildman–Crippen LogP) is 1.85. The van der Waals surface area contributed by atoms with Crippen LogP contribution in [-0.2, 0) is 17.6 Å². The Morgan fingerprint density at radius 1 is 1.16 bits per heavy atom. The van der Waals surface area contributed by atoms with Crippen LogP contribution >= 0.6 is 0 Å². The molecule has 1 heterocycles. The lowest BCUT2D eigenvalue weighted by Crippen LogP contribution is -2.35. The van der Waals surface area contributed by atoms with Crippen LogP contribution in [0.1, 0.15) is 22.7 Å². The van der Waals surface area contributed by atoms with E-state index in [0.717, 1.165) is 22.0 Å². The van der Waals surface area contributed by atoms with Crippen LogP contribution in [0.4, 0.5) is 0 Å². The SMILES string of the molecule is O=C(Cc1cc2ccccc2[nH]c1=O)NC1c2ccccc2CC1O. The number of H-pyrrole nitrogens is 1. The smallest absolute Gasteiger partial charge is 0.252 e. The zero-order valence-corrected chi connectivity index (χ0v) is 13.5. The number of hydrogen-bond acceptors (Lipinski definition) is 3. The van der Waals surface area contributed by atoms with Gasteiger partial charge in [-0.15, -0.1) is 0 Å². The van der Waals surface area contributed by atoms with E-state index in [-0.39, 0.29) is 17.9 Å². The Labute approximate surface area is 144 Å². The average Bonchev–Trinajstić information content (AvgIpc) is 2.91. The summed E-state index contributed by atoms with van der Waals surface area (Å²) in [5, 5.41) is 14.0. The molecule has 1 aliphatic rings. The number of aromatic nitrogens is 1. The van der Waals surface area contributed by atoms with E-state index in [1.807, 2.05) is 48.5 Å². The second-order valence-electron chi connectivity index (χ2n) is 6.40. The van der Waals surface area contributed by atoms with Gasteiger partial charge >= 0.3 is 0 Å². The van der Waals surface area contributed by atoms with Crippen molar-refractivity contribution in [3.63, 3.8) is 0 Å². The minimum absolute atomic E-state index is 0.0223. The van der Waals surface area contributed by atoms with Gasteiger partial charge in [0.15, 0.2) is 0 Å². The van der Waals surface area contributed by atoms with E-state index in [1.54, 1.807) is 6.07 Å². The van der Waals surface area contributed by atoms with Crippen molar-refractivity contribution in [2.75, 3.05) is 0 Å². The lowest BCUT2D eigenvalue weighted by molar-refractivity contribution is -0.122. The van der Waals surface area contributed by atoms with Crippen molar-refractivity contribution in [3.05, 3.63) is 81.6 Å². The van der Waals surface area contributed by atoms with Gasteiger partial charge in [0.1, 0.15) is 0 Å². The van der Waals surface area contributed by atoms with Crippen LogP contribution in [0.3, 0.4) is 0 Å². The molecule has 5 heteroatoms. The first-order valence-electron chi connectivity index (χ1n) is 8.28. The molecule has 126 valence electrons. The Morgan fingerprint density at radius 2 is 1.92 bits per heavy atom. The van der Waals surface area contributed by atoms with Crippen molar-refractivity contribution in [1.82, 2.24) is 10.3 Å². The molecule has 2 aromatic carbocycles. The van der Waals surface area contributed by atoms with E-state index >= 15 is 0 Å². The molecule has 1 aliphatic carbocycles. The van der Waals surface area contributed by atoms with E-state index in [0.29, 0.717) is 12.0 Å². The van der Waals surface area contributed by atoms with Crippen molar-refractivity contribution >= 4 is 16.8 Å². The molecule has 0 radical (unpaired) electrons. The van der Waals surface area contributed by atoms with Gasteiger partial charge in [0, 0.05) is 17.5 Å². The van der Waals surface area contributed by atoms with Gasteiger partial charge in [0.05, 0.1) is 18.6 Å². The van der Waals surface area contributed by atoms with Crippen LogP contribution in [0.15, 0.2) is 59.4 Å². The summed E-state index contributed by atoms with van der Waals surface area (Å²) in [6.07, 6.45) is -0.139. The Kier molecular flexibility index (Phi) is 3.86. The van der Waals surface area contributed by atoms with Crippen molar-refractivity contribution < 1.29 is 9.90 Å². The van der Waals surface area contributed by atoms with Crippen LogP contribution in [0.2, 0.25) is 0 Å². The molecule has 1 amide bonds. The second-order valence-corrected chi connectivity index (χ2v) is 6.40. The standard InChI is InChI=1S/C20H18N2O3/c23-17-10-12-5-1-3-7-15(12)19(17)22-18(24)11-14-9-13-6-2-4-8-16(13)21-20(14)25/h1-9,17,19,23H,10-11H2,(H,21,25)(H,22,24). The normalized spacial score (nSPS) is 18.9. The second kappa shape index (κ2) is 6.18. The van der Waals surface area contributed by atoms with E-state index in [9.17, 15) is 14.7 Å². The summed E-state index contributed by atoms with van der Waals surface area (Å²) in [6, 6.07) is 16.5. The summed E-state index contributed by atoms with van der Waals surface area (Å²) in [5.41, 5.74) is 2.88. The highest BCUT2D eigenvalue weighted by atomic mass is 16.3. The third kappa shape index (κ3) is 2.94. The monoisotopic (exact) mass is 334 g/mol. The minimum atomic E-state index is -0.642. The molecule has 0 fully saturated rings. The predicted molar refractivity (Wildman–Crippen MR) is 95.3 cm³/mol. The fourth-order valence-electron chi connectivity index (χ4n) is 3.47. The van der Waals surface area contributed by atoms with E-state index in [1.165, 1.54) is 0 Å². The molecule has 4 rings (SSSR count). The number of nitrogens with one attached hydrogen (secondary N) is 2. The van der Waals surface area contributed by atoms with Crippen LogP contribution in [0.25, 0.3) is 10.9 Å². The molecule has 2 atom stereocenters. The van der Waals surface area contributed by atoms with Crippen molar-refractivity contribution in [3.8, 4) is 0 Å². The largest absolute Gasteiger partial charge is 0.390 e. The summed E-state index contributed by atoms with van der Waals surface area (Å²) >= 11 is 0. The van der Waals surface area contributed by atoms with Gasteiger partial charge in [-0.1, -0.05) is 42.5 Å². The van der Waals surface area contributed by atoms with Crippen molar-refractivity contribution in [2.45, 2.75) is 25.0 Å². The molecule has 0 spiro atoms. The quantitative estimate of drug-likeness (QED) is 0.683. The summed E-state index contributed by atoms with van der Waals surface area (Å²) < 4.78 is 0. The number of benzene rings is 2. The van der Waals surface area contributed by atoms with Gasteiger partial charge in [-0.05, 0) is 28.6 Å². The Balaban J connectivity index is 1.55. The van der Waals surface area contributed by atoms with Gasteiger partial charge in [0.2, 0.25) is 5.91 Å². The number of fused-ring (bicyclic) bond motifs is 2. The molecule has 2 unspecified atom stereocenters. The molecule has 0 bridgehead atoms. The number of carbonyl (C=O) groups is 1. The van der Waals surface area contributed by atoms with Crippen LogP contribution in [-0.4, -0.2) is 22.1 Å². The van der Waals surface area contributed by atoms with Gasteiger partial charge in [-0.25, -0.2) is 0 Å². The number of aliphatic hydroxyl groups excluding tert-OH is 1.